The first-order valence-electron chi connectivity index (χ1n) is 9.31. The van der Waals surface area contributed by atoms with Crippen LogP contribution in [0.2, 0.25) is 5.02 Å². The van der Waals surface area contributed by atoms with Gasteiger partial charge in [0.05, 0.1) is 16.3 Å². The van der Waals surface area contributed by atoms with E-state index in [1.54, 1.807) is 0 Å². The number of rotatable bonds is 3. The Labute approximate surface area is 178 Å². The first-order valence-corrected chi connectivity index (χ1v) is 9.68. The molecule has 2 aromatic carbocycles. The molecule has 4 rings (SSSR count). The third-order valence-corrected chi connectivity index (χ3v) is 5.41. The van der Waals surface area contributed by atoms with Crippen LogP contribution in [0.5, 0.6) is 5.75 Å². The van der Waals surface area contributed by atoms with Crippen molar-refractivity contribution in [3.8, 4) is 17.1 Å². The maximum Gasteiger partial charge on any atom is 0.416 e. The maximum atomic E-state index is 13.7. The molecule has 3 aromatic rings. The van der Waals surface area contributed by atoms with Crippen molar-refractivity contribution in [1.82, 2.24) is 14.9 Å². The molecule has 2 heterocycles. The molecule has 0 saturated heterocycles. The average molecular weight is 454 g/mol. The van der Waals surface area contributed by atoms with Crippen LogP contribution >= 0.6 is 11.6 Å². The highest BCUT2D eigenvalue weighted by molar-refractivity contribution is 6.32. The molecule has 10 heteroatoms. The normalized spacial score (nSPS) is 14.5. The van der Waals surface area contributed by atoms with E-state index >= 15 is 0 Å². The Morgan fingerprint density at radius 2 is 1.90 bits per heavy atom. The van der Waals surface area contributed by atoms with E-state index in [-0.39, 0.29) is 16.4 Å². The van der Waals surface area contributed by atoms with Gasteiger partial charge < -0.3 is 10.1 Å². The van der Waals surface area contributed by atoms with Crippen LogP contribution in [0.25, 0.3) is 11.4 Å². The minimum absolute atomic E-state index is 0.0911. The molecule has 0 unspecified atom stereocenters. The van der Waals surface area contributed by atoms with Gasteiger partial charge in [0.2, 0.25) is 0 Å². The fourth-order valence-corrected chi connectivity index (χ4v) is 3.78. The smallest absolute Gasteiger partial charge is 0.416 e. The number of hydrogen-bond donors (Lipinski definition) is 2. The molecule has 162 valence electrons. The topological polar surface area (TPSA) is 69.2 Å². The van der Waals surface area contributed by atoms with Gasteiger partial charge in [0.25, 0.3) is 5.56 Å². The van der Waals surface area contributed by atoms with Gasteiger partial charge in [0, 0.05) is 30.8 Å². The average Bonchev–Trinajstić information content (AvgIpc) is 2.71. The fourth-order valence-electron chi connectivity index (χ4n) is 3.55. The standard InChI is InChI=1S/C21H16ClF4N3O2/c22-15-7-11(8-16(23)18(15)30)9-29-6-5-14-17(10-29)27-19(28-20(14)31)12-1-3-13(4-2-12)21(24,25)26/h1-4,7-8,30H,5-6,9-10H2,(H,27,28,31). The van der Waals surface area contributed by atoms with Crippen LogP contribution in [0, 0.1) is 5.82 Å². The van der Waals surface area contributed by atoms with Crippen LogP contribution in [-0.2, 0) is 25.7 Å². The number of alkyl halides is 3. The predicted molar refractivity (Wildman–Crippen MR) is 106 cm³/mol. The summed E-state index contributed by atoms with van der Waals surface area (Å²) in [5.41, 5.74) is 0.812. The van der Waals surface area contributed by atoms with Gasteiger partial charge in [-0.05, 0) is 36.2 Å². The number of phenols is 1. The van der Waals surface area contributed by atoms with Crippen LogP contribution in [0.4, 0.5) is 17.6 Å². The number of aromatic amines is 1. The monoisotopic (exact) mass is 453 g/mol. The zero-order valence-corrected chi connectivity index (χ0v) is 16.7. The first-order chi connectivity index (χ1) is 14.6. The lowest BCUT2D eigenvalue weighted by molar-refractivity contribution is -0.137. The van der Waals surface area contributed by atoms with Crippen molar-refractivity contribution < 1.29 is 22.7 Å². The number of nitrogens with one attached hydrogen (secondary N) is 1. The fraction of sp³-hybridized carbons (Fsp3) is 0.238. The molecule has 1 aliphatic heterocycles. The third kappa shape index (κ3) is 4.42. The summed E-state index contributed by atoms with van der Waals surface area (Å²) in [6.45, 7) is 1.14. The predicted octanol–water partition coefficient (Wildman–Crippen LogP) is 4.51. The van der Waals surface area contributed by atoms with Gasteiger partial charge in [-0.3, -0.25) is 9.69 Å². The Hall–Kier alpha value is -2.91. The summed E-state index contributed by atoms with van der Waals surface area (Å²) in [6.07, 6.45) is -4.04. The van der Waals surface area contributed by atoms with Gasteiger partial charge in [-0.2, -0.15) is 13.2 Å². The van der Waals surface area contributed by atoms with E-state index in [0.717, 1.165) is 12.1 Å². The highest BCUT2D eigenvalue weighted by Crippen LogP contribution is 2.31. The summed E-state index contributed by atoms with van der Waals surface area (Å²) in [5, 5.41) is 9.38. The summed E-state index contributed by atoms with van der Waals surface area (Å²) < 4.78 is 52.1. The minimum Gasteiger partial charge on any atom is -0.504 e. The van der Waals surface area contributed by atoms with Gasteiger partial charge in [0.15, 0.2) is 11.6 Å². The molecule has 2 N–H and O–H groups in total. The number of halogens is 5. The van der Waals surface area contributed by atoms with Crippen molar-refractivity contribution in [2.45, 2.75) is 25.7 Å². The van der Waals surface area contributed by atoms with Gasteiger partial charge >= 0.3 is 6.18 Å². The molecule has 0 atom stereocenters. The number of fused-ring (bicyclic) bond motifs is 1. The largest absolute Gasteiger partial charge is 0.504 e. The van der Waals surface area contributed by atoms with Crippen LogP contribution in [0.15, 0.2) is 41.2 Å². The highest BCUT2D eigenvalue weighted by Gasteiger charge is 2.30. The summed E-state index contributed by atoms with van der Waals surface area (Å²) >= 11 is 5.83. The molecular weight excluding hydrogens is 438 g/mol. The molecule has 0 radical (unpaired) electrons. The minimum atomic E-state index is -4.45. The summed E-state index contributed by atoms with van der Waals surface area (Å²) in [7, 11) is 0. The van der Waals surface area contributed by atoms with E-state index in [2.05, 4.69) is 9.97 Å². The number of phenolic OH excluding ortho intramolecular Hbond substituents is 1. The van der Waals surface area contributed by atoms with Gasteiger partial charge in [-0.15, -0.1) is 0 Å². The molecular formula is C21H16ClF4N3O2. The number of nitrogens with zero attached hydrogens (tertiary/aromatic N) is 2. The van der Waals surface area contributed by atoms with Crippen molar-refractivity contribution in [2.24, 2.45) is 0 Å². The second kappa shape index (κ2) is 7.97. The summed E-state index contributed by atoms with van der Waals surface area (Å²) in [6, 6.07) is 7.04. The zero-order valence-electron chi connectivity index (χ0n) is 15.9. The van der Waals surface area contributed by atoms with Gasteiger partial charge in [0.1, 0.15) is 5.82 Å². The second-order valence-corrected chi connectivity index (χ2v) is 7.69. The van der Waals surface area contributed by atoms with Gasteiger partial charge in [-0.25, -0.2) is 9.37 Å². The number of benzene rings is 2. The van der Waals surface area contributed by atoms with E-state index < -0.39 is 23.3 Å². The Kier molecular flexibility index (Phi) is 5.49. The molecule has 0 spiro atoms. The highest BCUT2D eigenvalue weighted by atomic mass is 35.5. The van der Waals surface area contributed by atoms with Crippen LogP contribution < -0.4 is 5.56 Å². The number of hydrogen-bond acceptors (Lipinski definition) is 4. The molecule has 0 fully saturated rings. The molecule has 1 aliphatic rings. The molecule has 0 aliphatic carbocycles. The number of H-pyrrole nitrogens is 1. The molecule has 5 nitrogen and oxygen atoms in total. The van der Waals surface area contributed by atoms with Crippen molar-refractivity contribution in [2.75, 3.05) is 6.54 Å². The SMILES string of the molecule is O=c1[nH]c(-c2ccc(C(F)(F)F)cc2)nc2c1CCN(Cc1cc(F)c(O)c(Cl)c1)C2. The first kappa shape index (κ1) is 21.3. The third-order valence-electron chi connectivity index (χ3n) is 5.12. The van der Waals surface area contributed by atoms with Gasteiger partial charge in [-0.1, -0.05) is 23.7 Å². The van der Waals surface area contributed by atoms with E-state index in [4.69, 9.17) is 11.6 Å². The van der Waals surface area contributed by atoms with E-state index in [1.165, 1.54) is 24.3 Å². The Morgan fingerprint density at radius 3 is 2.55 bits per heavy atom. The molecule has 31 heavy (non-hydrogen) atoms. The van der Waals surface area contributed by atoms with Crippen molar-refractivity contribution in [3.05, 3.63) is 80.0 Å². The second-order valence-electron chi connectivity index (χ2n) is 7.28. The van der Waals surface area contributed by atoms with Crippen molar-refractivity contribution >= 4 is 11.6 Å². The lowest BCUT2D eigenvalue weighted by Crippen LogP contribution is -2.35. The van der Waals surface area contributed by atoms with E-state index in [0.29, 0.717) is 48.4 Å². The Balaban J connectivity index is 1.59. The number of aromatic hydroxyl groups is 1. The lowest BCUT2D eigenvalue weighted by Gasteiger charge is -2.28. The van der Waals surface area contributed by atoms with Crippen LogP contribution in [0.3, 0.4) is 0 Å². The zero-order chi connectivity index (χ0) is 22.3. The summed E-state index contributed by atoms with van der Waals surface area (Å²) in [4.78, 5) is 21.5. The molecule has 0 amide bonds. The van der Waals surface area contributed by atoms with E-state index in [1.807, 2.05) is 4.90 Å². The maximum absolute atomic E-state index is 13.7. The lowest BCUT2D eigenvalue weighted by atomic mass is 10.0. The molecule has 1 aromatic heterocycles. The number of aromatic nitrogens is 2. The Morgan fingerprint density at radius 1 is 1.19 bits per heavy atom. The molecule has 0 bridgehead atoms. The van der Waals surface area contributed by atoms with Crippen molar-refractivity contribution in [1.29, 1.82) is 0 Å². The van der Waals surface area contributed by atoms with Crippen LogP contribution in [-0.4, -0.2) is 26.5 Å². The molecule has 0 saturated carbocycles. The van der Waals surface area contributed by atoms with E-state index in [9.17, 15) is 27.5 Å². The van der Waals surface area contributed by atoms with Crippen molar-refractivity contribution in [3.63, 3.8) is 0 Å². The quantitative estimate of drug-likeness (QED) is 0.572. The van der Waals surface area contributed by atoms with Crippen LogP contribution in [0.1, 0.15) is 22.4 Å². The Bertz CT molecular complexity index is 1170. The summed E-state index contributed by atoms with van der Waals surface area (Å²) in [5.74, 6) is -1.25.